The van der Waals surface area contributed by atoms with Gasteiger partial charge in [0.25, 0.3) is 5.91 Å². The maximum absolute atomic E-state index is 11.9. The SMILES string of the molecule is Cc1cc(N2CC(CC(=O)O)OCC2=O)ccc1Br. The summed E-state index contributed by atoms with van der Waals surface area (Å²) in [6, 6.07) is 5.60. The van der Waals surface area contributed by atoms with Gasteiger partial charge in [0, 0.05) is 10.2 Å². The maximum Gasteiger partial charge on any atom is 0.306 e. The second-order valence-corrected chi connectivity index (χ2v) is 5.32. The van der Waals surface area contributed by atoms with Crippen molar-refractivity contribution in [1.29, 1.82) is 0 Å². The van der Waals surface area contributed by atoms with Crippen molar-refractivity contribution >= 4 is 33.5 Å². The lowest BCUT2D eigenvalue weighted by Crippen LogP contribution is -2.47. The van der Waals surface area contributed by atoms with E-state index in [1.807, 2.05) is 25.1 Å². The zero-order valence-corrected chi connectivity index (χ0v) is 12.0. The van der Waals surface area contributed by atoms with Crippen LogP contribution in [0.4, 0.5) is 5.69 Å². The summed E-state index contributed by atoms with van der Waals surface area (Å²) in [5.74, 6) is -1.07. The molecule has 1 aliphatic heterocycles. The Bertz CT molecular complexity index is 517. The Labute approximate surface area is 119 Å². The fraction of sp³-hybridized carbons (Fsp3) is 0.385. The van der Waals surface area contributed by atoms with Crippen LogP contribution >= 0.6 is 15.9 Å². The fourth-order valence-electron chi connectivity index (χ4n) is 1.99. The molecule has 102 valence electrons. The summed E-state index contributed by atoms with van der Waals surface area (Å²) in [6.07, 6.45) is -0.557. The molecule has 0 saturated carbocycles. The van der Waals surface area contributed by atoms with Crippen molar-refractivity contribution in [3.05, 3.63) is 28.2 Å². The summed E-state index contributed by atoms with van der Waals surface area (Å²) in [5, 5.41) is 8.78. The molecule has 1 N–H and O–H groups in total. The largest absolute Gasteiger partial charge is 0.481 e. The maximum atomic E-state index is 11.9. The van der Waals surface area contributed by atoms with Gasteiger partial charge in [0.05, 0.1) is 19.1 Å². The average Bonchev–Trinajstić information content (AvgIpc) is 2.34. The number of nitrogens with zero attached hydrogens (tertiary/aromatic N) is 1. The summed E-state index contributed by atoms with van der Waals surface area (Å²) >= 11 is 3.41. The molecule has 0 spiro atoms. The van der Waals surface area contributed by atoms with Gasteiger partial charge in [0.1, 0.15) is 6.61 Å². The van der Waals surface area contributed by atoms with Gasteiger partial charge in [-0.25, -0.2) is 0 Å². The van der Waals surface area contributed by atoms with E-state index in [0.29, 0.717) is 0 Å². The van der Waals surface area contributed by atoms with Crippen molar-refractivity contribution < 1.29 is 19.4 Å². The first-order valence-corrected chi connectivity index (χ1v) is 6.66. The van der Waals surface area contributed by atoms with Crippen LogP contribution in [0.15, 0.2) is 22.7 Å². The van der Waals surface area contributed by atoms with Gasteiger partial charge < -0.3 is 14.7 Å². The van der Waals surface area contributed by atoms with Crippen LogP contribution in [0, 0.1) is 6.92 Å². The number of ether oxygens (including phenoxy) is 1. The number of carbonyl (C=O) groups excluding carboxylic acids is 1. The van der Waals surface area contributed by atoms with Crippen LogP contribution in [0.3, 0.4) is 0 Å². The Morgan fingerprint density at radius 2 is 2.32 bits per heavy atom. The third kappa shape index (κ3) is 3.33. The van der Waals surface area contributed by atoms with Crippen molar-refractivity contribution in [2.24, 2.45) is 0 Å². The number of aryl methyl sites for hydroxylation is 1. The minimum Gasteiger partial charge on any atom is -0.481 e. The molecule has 1 saturated heterocycles. The van der Waals surface area contributed by atoms with Gasteiger partial charge in [-0.05, 0) is 30.7 Å². The number of amides is 1. The van der Waals surface area contributed by atoms with Gasteiger partial charge in [0.2, 0.25) is 0 Å². The molecule has 1 amide bonds. The van der Waals surface area contributed by atoms with Crippen LogP contribution in [-0.4, -0.2) is 36.2 Å². The predicted octanol–water partition coefficient (Wildman–Crippen LogP) is 1.96. The number of hydrogen-bond donors (Lipinski definition) is 1. The van der Waals surface area contributed by atoms with Gasteiger partial charge in [-0.15, -0.1) is 0 Å². The van der Waals surface area contributed by atoms with Crippen LogP contribution < -0.4 is 4.90 Å². The Morgan fingerprint density at radius 3 is 2.95 bits per heavy atom. The monoisotopic (exact) mass is 327 g/mol. The molecule has 1 heterocycles. The molecule has 0 radical (unpaired) electrons. The van der Waals surface area contributed by atoms with E-state index in [2.05, 4.69) is 15.9 Å². The van der Waals surface area contributed by atoms with Gasteiger partial charge in [-0.1, -0.05) is 15.9 Å². The zero-order valence-electron chi connectivity index (χ0n) is 10.4. The van der Waals surface area contributed by atoms with Crippen molar-refractivity contribution in [1.82, 2.24) is 0 Å². The number of carboxylic acid groups (broad SMARTS) is 1. The number of aliphatic carboxylic acids is 1. The molecule has 1 unspecified atom stereocenters. The number of benzene rings is 1. The quantitative estimate of drug-likeness (QED) is 0.921. The number of anilines is 1. The number of halogens is 1. The summed E-state index contributed by atoms with van der Waals surface area (Å²) < 4.78 is 6.20. The molecule has 0 bridgehead atoms. The molecule has 0 aliphatic carbocycles. The minimum absolute atomic E-state index is 0.0763. The molecule has 5 nitrogen and oxygen atoms in total. The van der Waals surface area contributed by atoms with Crippen LogP contribution in [0.1, 0.15) is 12.0 Å². The highest BCUT2D eigenvalue weighted by Crippen LogP contribution is 2.25. The average molecular weight is 328 g/mol. The number of hydrogen-bond acceptors (Lipinski definition) is 3. The van der Waals surface area contributed by atoms with Crippen LogP contribution in [-0.2, 0) is 14.3 Å². The first kappa shape index (κ1) is 14.0. The normalized spacial score (nSPS) is 19.6. The Hall–Kier alpha value is -1.40. The molecule has 1 fully saturated rings. The smallest absolute Gasteiger partial charge is 0.306 e. The molecular weight excluding hydrogens is 314 g/mol. The molecule has 6 heteroatoms. The lowest BCUT2D eigenvalue weighted by Gasteiger charge is -2.32. The lowest BCUT2D eigenvalue weighted by molar-refractivity contribution is -0.143. The molecule has 1 aromatic rings. The predicted molar refractivity (Wildman–Crippen MR) is 73.2 cm³/mol. The third-order valence-electron chi connectivity index (χ3n) is 2.99. The van der Waals surface area contributed by atoms with E-state index >= 15 is 0 Å². The first-order chi connectivity index (χ1) is 8.97. The topological polar surface area (TPSA) is 66.8 Å². The summed E-state index contributed by atoms with van der Waals surface area (Å²) in [5.41, 5.74) is 1.79. The van der Waals surface area contributed by atoms with E-state index in [1.54, 1.807) is 4.90 Å². The molecule has 2 rings (SSSR count). The Balaban J connectivity index is 2.18. The van der Waals surface area contributed by atoms with E-state index < -0.39 is 12.1 Å². The zero-order chi connectivity index (χ0) is 14.0. The van der Waals surface area contributed by atoms with Crippen molar-refractivity contribution in [3.63, 3.8) is 0 Å². The summed E-state index contributed by atoms with van der Waals surface area (Å²) in [6.45, 7) is 2.13. The molecule has 19 heavy (non-hydrogen) atoms. The molecule has 1 aliphatic rings. The Kier molecular flexibility index (Phi) is 4.21. The highest BCUT2D eigenvalue weighted by atomic mass is 79.9. The van der Waals surface area contributed by atoms with Crippen molar-refractivity contribution in [3.8, 4) is 0 Å². The van der Waals surface area contributed by atoms with Gasteiger partial charge in [0.15, 0.2) is 0 Å². The molecule has 0 aromatic heterocycles. The van der Waals surface area contributed by atoms with E-state index in [-0.39, 0.29) is 25.5 Å². The highest BCUT2D eigenvalue weighted by molar-refractivity contribution is 9.10. The van der Waals surface area contributed by atoms with Gasteiger partial charge >= 0.3 is 5.97 Å². The van der Waals surface area contributed by atoms with Gasteiger partial charge in [-0.3, -0.25) is 9.59 Å². The fourth-order valence-corrected chi connectivity index (χ4v) is 2.24. The third-order valence-corrected chi connectivity index (χ3v) is 3.88. The van der Waals surface area contributed by atoms with E-state index in [0.717, 1.165) is 15.7 Å². The Morgan fingerprint density at radius 1 is 1.58 bits per heavy atom. The number of carbonyl (C=O) groups is 2. The standard InChI is InChI=1S/C13H14BrNO4/c1-8-4-9(2-3-11(8)14)15-6-10(5-13(17)18)19-7-12(15)16/h2-4,10H,5-7H2,1H3,(H,17,18). The second kappa shape index (κ2) is 5.71. The van der Waals surface area contributed by atoms with Crippen molar-refractivity contribution in [2.45, 2.75) is 19.4 Å². The summed E-state index contributed by atoms with van der Waals surface area (Å²) in [4.78, 5) is 24.1. The van der Waals surface area contributed by atoms with E-state index in [9.17, 15) is 9.59 Å². The number of morpholine rings is 1. The molecular formula is C13H14BrNO4. The van der Waals surface area contributed by atoms with Crippen LogP contribution in [0.25, 0.3) is 0 Å². The highest BCUT2D eigenvalue weighted by Gasteiger charge is 2.28. The number of carboxylic acids is 1. The second-order valence-electron chi connectivity index (χ2n) is 4.47. The van der Waals surface area contributed by atoms with Crippen LogP contribution in [0.2, 0.25) is 0 Å². The first-order valence-electron chi connectivity index (χ1n) is 5.87. The lowest BCUT2D eigenvalue weighted by atomic mass is 10.1. The molecule has 1 aromatic carbocycles. The van der Waals surface area contributed by atoms with Crippen molar-refractivity contribution in [2.75, 3.05) is 18.1 Å². The van der Waals surface area contributed by atoms with E-state index in [4.69, 9.17) is 9.84 Å². The van der Waals surface area contributed by atoms with Crippen LogP contribution in [0.5, 0.6) is 0 Å². The van der Waals surface area contributed by atoms with E-state index in [1.165, 1.54) is 0 Å². The molecule has 1 atom stereocenters. The minimum atomic E-state index is -0.925. The van der Waals surface area contributed by atoms with Gasteiger partial charge in [-0.2, -0.15) is 0 Å². The summed E-state index contributed by atoms with van der Waals surface area (Å²) in [7, 11) is 0. The number of rotatable bonds is 3.